The van der Waals surface area contributed by atoms with Gasteiger partial charge in [-0.15, -0.1) is 0 Å². The van der Waals surface area contributed by atoms with Gasteiger partial charge in [-0.2, -0.15) is 0 Å². The minimum Gasteiger partial charge on any atom is -0.483 e. The van der Waals surface area contributed by atoms with Crippen molar-refractivity contribution in [3.8, 4) is 11.5 Å². The Kier molecular flexibility index (Phi) is 7.86. The van der Waals surface area contributed by atoms with E-state index in [1.807, 2.05) is 0 Å². The fraction of sp³-hybridized carbons (Fsp3) is 0.654. The lowest BCUT2D eigenvalue weighted by molar-refractivity contribution is -0.318. The highest BCUT2D eigenvalue weighted by Gasteiger charge is 2.48. The number of hydrogen-bond donors (Lipinski definition) is 7. The van der Waals surface area contributed by atoms with Crippen LogP contribution in [0.5, 0.6) is 11.5 Å². The van der Waals surface area contributed by atoms with E-state index < -0.39 is 85.3 Å². The highest BCUT2D eigenvalue weighted by molar-refractivity contribution is 5.87. The zero-order valence-corrected chi connectivity index (χ0v) is 22.0. The highest BCUT2D eigenvalue weighted by atomic mass is 16.7. The number of aliphatic hydroxyl groups is 7. The first-order valence-corrected chi connectivity index (χ1v) is 12.9. The average Bonchev–Trinajstić information content (AvgIpc) is 3.34. The lowest BCUT2D eigenvalue weighted by Gasteiger charge is -2.42. The van der Waals surface area contributed by atoms with Gasteiger partial charge in [0.05, 0.1) is 18.3 Å². The molecule has 0 saturated carbocycles. The van der Waals surface area contributed by atoms with Gasteiger partial charge in [-0.1, -0.05) is 0 Å². The third-order valence-electron chi connectivity index (χ3n) is 7.49. The molecule has 14 heteroatoms. The Labute approximate surface area is 227 Å². The second-order valence-corrected chi connectivity index (χ2v) is 11.0. The smallest absolute Gasteiger partial charge is 0.336 e. The molecule has 0 spiro atoms. The third-order valence-corrected chi connectivity index (χ3v) is 7.49. The number of hydrogen-bond acceptors (Lipinski definition) is 14. The highest BCUT2D eigenvalue weighted by Crippen LogP contribution is 2.46. The Hall–Kier alpha value is -2.37. The van der Waals surface area contributed by atoms with Gasteiger partial charge in [0, 0.05) is 23.4 Å². The van der Waals surface area contributed by atoms with Crippen LogP contribution in [0.2, 0.25) is 0 Å². The van der Waals surface area contributed by atoms with E-state index in [4.69, 9.17) is 28.1 Å². The Morgan fingerprint density at radius 3 is 2.30 bits per heavy atom. The summed E-state index contributed by atoms with van der Waals surface area (Å²) >= 11 is 0. The third kappa shape index (κ3) is 5.32. The molecule has 0 aliphatic carbocycles. The second kappa shape index (κ2) is 10.8. The molecule has 3 aliphatic rings. The van der Waals surface area contributed by atoms with Crippen LogP contribution >= 0.6 is 0 Å². The summed E-state index contributed by atoms with van der Waals surface area (Å²) in [7, 11) is 0. The van der Waals surface area contributed by atoms with E-state index in [1.54, 1.807) is 19.9 Å². The zero-order valence-electron chi connectivity index (χ0n) is 22.0. The molecule has 5 rings (SSSR count). The molecule has 4 heterocycles. The molecule has 11 atom stereocenters. The number of ether oxygens (including phenoxy) is 5. The van der Waals surface area contributed by atoms with Gasteiger partial charge < -0.3 is 63.8 Å². The molecule has 40 heavy (non-hydrogen) atoms. The van der Waals surface area contributed by atoms with Crippen molar-refractivity contribution in [2.45, 2.75) is 100 Å². The number of aliphatic hydroxyl groups excluding tert-OH is 6. The van der Waals surface area contributed by atoms with Crippen molar-refractivity contribution in [2.75, 3.05) is 6.61 Å². The second-order valence-electron chi connectivity index (χ2n) is 11.0. The van der Waals surface area contributed by atoms with E-state index >= 15 is 0 Å². The molecular formula is C26H34O14. The molecular weight excluding hydrogens is 536 g/mol. The summed E-state index contributed by atoms with van der Waals surface area (Å²) in [6.07, 6.45) is -15.3. The fourth-order valence-corrected chi connectivity index (χ4v) is 4.99. The van der Waals surface area contributed by atoms with Crippen LogP contribution < -0.4 is 15.1 Å². The maximum absolute atomic E-state index is 12.1. The van der Waals surface area contributed by atoms with E-state index in [1.165, 1.54) is 19.1 Å². The van der Waals surface area contributed by atoms with E-state index in [0.29, 0.717) is 17.4 Å². The van der Waals surface area contributed by atoms with Crippen LogP contribution in [0.4, 0.5) is 0 Å². The minimum absolute atomic E-state index is 0.0212. The van der Waals surface area contributed by atoms with Crippen LogP contribution in [0.1, 0.15) is 26.3 Å². The molecule has 2 saturated heterocycles. The summed E-state index contributed by atoms with van der Waals surface area (Å²) < 4.78 is 33.9. The van der Waals surface area contributed by atoms with Crippen molar-refractivity contribution in [2.24, 2.45) is 0 Å². The van der Waals surface area contributed by atoms with E-state index in [-0.39, 0.29) is 17.1 Å². The van der Waals surface area contributed by atoms with Crippen LogP contribution in [-0.2, 0) is 20.6 Å². The summed E-state index contributed by atoms with van der Waals surface area (Å²) in [5, 5.41) is 72.9. The largest absolute Gasteiger partial charge is 0.483 e. The Morgan fingerprint density at radius 1 is 0.925 bits per heavy atom. The normalized spacial score (nSPS) is 38.2. The van der Waals surface area contributed by atoms with Crippen molar-refractivity contribution in [1.82, 2.24) is 0 Å². The molecule has 14 nitrogen and oxygen atoms in total. The first kappa shape index (κ1) is 29.1. The molecule has 1 aromatic heterocycles. The fourth-order valence-electron chi connectivity index (χ4n) is 4.99. The summed E-state index contributed by atoms with van der Waals surface area (Å²) in [5.74, 6) is 0.0414. The Bertz CT molecular complexity index is 1270. The van der Waals surface area contributed by atoms with Gasteiger partial charge >= 0.3 is 5.63 Å². The molecule has 0 amide bonds. The van der Waals surface area contributed by atoms with Gasteiger partial charge in [-0.05, 0) is 32.9 Å². The predicted octanol–water partition coefficient (Wildman–Crippen LogP) is -2.10. The maximum atomic E-state index is 12.1. The number of fused-ring (bicyclic) bond motifs is 2. The molecule has 2 aromatic rings. The first-order chi connectivity index (χ1) is 18.8. The molecule has 3 aliphatic heterocycles. The van der Waals surface area contributed by atoms with Crippen molar-refractivity contribution < 1.29 is 63.8 Å². The molecule has 1 aromatic carbocycles. The SMILES string of the molecule is C[C@@H]1O[C@@H](OC[C@H]2O[C@@H](Oc3c4c(cc5ccc(=O)oc35)C[C@@H](C(C)(C)O)O4)[C@H](O)[C@@H](O)[C@@H]2O)[C@H](O)[C@H](O)[C@H]1O. The Balaban J connectivity index is 1.40. The maximum Gasteiger partial charge on any atom is 0.336 e. The van der Waals surface area contributed by atoms with Gasteiger partial charge in [0.15, 0.2) is 17.6 Å². The van der Waals surface area contributed by atoms with Crippen LogP contribution in [0.25, 0.3) is 11.0 Å². The van der Waals surface area contributed by atoms with E-state index in [2.05, 4.69) is 0 Å². The lowest BCUT2D eigenvalue weighted by atomic mass is 9.96. The molecule has 0 radical (unpaired) electrons. The van der Waals surface area contributed by atoms with Crippen molar-refractivity contribution in [3.05, 3.63) is 34.2 Å². The molecule has 0 bridgehead atoms. The number of benzene rings is 1. The van der Waals surface area contributed by atoms with Crippen LogP contribution in [0, 0.1) is 0 Å². The van der Waals surface area contributed by atoms with Crippen molar-refractivity contribution in [3.63, 3.8) is 0 Å². The number of rotatable bonds is 6. The Morgan fingerprint density at radius 2 is 1.60 bits per heavy atom. The molecule has 222 valence electrons. The van der Waals surface area contributed by atoms with Crippen LogP contribution in [0.3, 0.4) is 0 Å². The predicted molar refractivity (Wildman–Crippen MR) is 133 cm³/mol. The van der Waals surface area contributed by atoms with Crippen molar-refractivity contribution >= 4 is 11.0 Å². The van der Waals surface area contributed by atoms with E-state index in [0.717, 1.165) is 0 Å². The van der Waals surface area contributed by atoms with Crippen LogP contribution in [0.15, 0.2) is 27.4 Å². The van der Waals surface area contributed by atoms with Gasteiger partial charge in [0.1, 0.15) is 48.8 Å². The average molecular weight is 571 g/mol. The summed E-state index contributed by atoms with van der Waals surface area (Å²) in [6, 6.07) is 4.46. The van der Waals surface area contributed by atoms with Gasteiger partial charge in [-0.25, -0.2) is 4.79 Å². The standard InChI is InChI=1S/C26H34O14/c1-9-15(28)17(30)19(32)24(36-9)35-8-12-16(29)18(31)20(33)25(37-12)40-23-21-10(4-5-14(27)39-21)6-11-7-13(26(2,3)34)38-22(11)23/h4-6,9,12-13,15-20,24-25,28-34H,7-8H2,1-3H3/t9-,12+,13-,15-,16+,17+,18-,19+,20+,24+,25-/m0/s1. The van der Waals surface area contributed by atoms with Crippen molar-refractivity contribution in [1.29, 1.82) is 0 Å². The summed E-state index contributed by atoms with van der Waals surface area (Å²) in [4.78, 5) is 12.1. The summed E-state index contributed by atoms with van der Waals surface area (Å²) in [6.45, 7) is 4.14. The van der Waals surface area contributed by atoms with E-state index in [9.17, 15) is 40.5 Å². The molecule has 0 unspecified atom stereocenters. The zero-order chi connectivity index (χ0) is 29.1. The van der Waals surface area contributed by atoms with Gasteiger partial charge in [0.25, 0.3) is 0 Å². The van der Waals surface area contributed by atoms with Gasteiger partial charge in [0.2, 0.25) is 12.0 Å². The monoisotopic (exact) mass is 570 g/mol. The lowest BCUT2D eigenvalue weighted by Crippen LogP contribution is -2.61. The molecule has 7 N–H and O–H groups in total. The topological polar surface area (TPSA) is 218 Å². The van der Waals surface area contributed by atoms with Gasteiger partial charge in [-0.3, -0.25) is 0 Å². The van der Waals surface area contributed by atoms with Crippen LogP contribution in [-0.4, -0.2) is 115 Å². The summed E-state index contributed by atoms with van der Waals surface area (Å²) in [5.41, 5.74) is -1.31. The minimum atomic E-state index is -1.77. The quantitative estimate of drug-likeness (QED) is 0.185. The molecule has 2 fully saturated rings. The first-order valence-electron chi connectivity index (χ1n) is 12.9.